The minimum Gasteiger partial charge on any atom is -0.424 e. The smallest absolute Gasteiger partial charge is 0.405 e. The maximum Gasteiger partial charge on any atom is 0.405 e. The van der Waals surface area contributed by atoms with E-state index in [0.29, 0.717) is 0 Å². The Labute approximate surface area is 97.6 Å². The Morgan fingerprint density at radius 3 is 2.78 bits per heavy atom. The highest BCUT2D eigenvalue weighted by Gasteiger charge is 2.27. The number of nitrogens with zero attached hydrogens (tertiary/aromatic N) is 2. The highest BCUT2D eigenvalue weighted by atomic mass is 19.4. The van der Waals surface area contributed by atoms with Crippen LogP contribution >= 0.6 is 0 Å². The van der Waals surface area contributed by atoms with Crippen LogP contribution in [0.3, 0.4) is 0 Å². The fraction of sp³-hybridized carbons (Fsp3) is 0.222. The predicted octanol–water partition coefficient (Wildman–Crippen LogP) is 2.71. The summed E-state index contributed by atoms with van der Waals surface area (Å²) in [6.07, 6.45) is -4.40. The fourth-order valence-corrected chi connectivity index (χ4v) is 1.28. The van der Waals surface area contributed by atoms with Gasteiger partial charge in [-0.3, -0.25) is 10.1 Å². The van der Waals surface area contributed by atoms with E-state index < -0.39 is 17.6 Å². The summed E-state index contributed by atoms with van der Waals surface area (Å²) in [4.78, 5) is 13.5. The molecule has 0 fully saturated rings. The first-order valence-electron chi connectivity index (χ1n) is 4.71. The molecule has 18 heavy (non-hydrogen) atoms. The second-order valence-electron chi connectivity index (χ2n) is 3.40. The quantitative estimate of drug-likeness (QED) is 0.678. The number of rotatable bonds is 3. The Hall–Kier alpha value is -2.32. The number of hydrogen-bond acceptors (Lipinski definition) is 5. The first kappa shape index (κ1) is 12.1. The van der Waals surface area contributed by atoms with E-state index in [0.717, 1.165) is 6.07 Å². The summed E-state index contributed by atoms with van der Waals surface area (Å²) < 4.78 is 40.8. The average molecular weight is 261 g/mol. The molecule has 0 aliphatic carbocycles. The van der Waals surface area contributed by atoms with E-state index in [4.69, 9.17) is 4.42 Å². The molecule has 2 aromatic rings. The van der Waals surface area contributed by atoms with Gasteiger partial charge in [-0.15, -0.1) is 0 Å². The normalized spacial score (nSPS) is 11.7. The molecule has 0 radical (unpaired) electrons. The van der Waals surface area contributed by atoms with Crippen LogP contribution in [-0.2, 0) is 0 Å². The van der Waals surface area contributed by atoms with Crippen molar-refractivity contribution >= 4 is 22.8 Å². The molecule has 1 aromatic carbocycles. The van der Waals surface area contributed by atoms with Crippen LogP contribution in [-0.4, -0.2) is 22.6 Å². The van der Waals surface area contributed by atoms with Crippen molar-refractivity contribution in [1.82, 2.24) is 4.98 Å². The molecule has 2 rings (SSSR count). The molecule has 96 valence electrons. The van der Waals surface area contributed by atoms with Gasteiger partial charge in [-0.05, 0) is 6.07 Å². The minimum atomic E-state index is -4.40. The molecule has 0 saturated carbocycles. The minimum absolute atomic E-state index is 0.119. The van der Waals surface area contributed by atoms with Crippen molar-refractivity contribution in [3.05, 3.63) is 28.3 Å². The van der Waals surface area contributed by atoms with Gasteiger partial charge in [0, 0.05) is 12.1 Å². The molecule has 1 N–H and O–H groups in total. The van der Waals surface area contributed by atoms with Crippen molar-refractivity contribution in [1.29, 1.82) is 0 Å². The van der Waals surface area contributed by atoms with Gasteiger partial charge in [-0.25, -0.2) is 0 Å². The van der Waals surface area contributed by atoms with Crippen molar-refractivity contribution < 1.29 is 22.5 Å². The number of nitrogens with one attached hydrogen (secondary N) is 1. The lowest BCUT2D eigenvalue weighted by molar-refractivity contribution is -0.384. The number of fused-ring (bicyclic) bond motifs is 1. The molecule has 1 aromatic heterocycles. The van der Waals surface area contributed by atoms with Gasteiger partial charge in [-0.1, -0.05) is 0 Å². The Kier molecular flexibility index (Phi) is 2.81. The lowest BCUT2D eigenvalue weighted by atomic mass is 10.3. The second-order valence-corrected chi connectivity index (χ2v) is 3.40. The van der Waals surface area contributed by atoms with E-state index in [1.807, 2.05) is 5.32 Å². The summed E-state index contributed by atoms with van der Waals surface area (Å²) in [5, 5.41) is 12.4. The van der Waals surface area contributed by atoms with E-state index in [1.165, 1.54) is 12.1 Å². The Morgan fingerprint density at radius 1 is 1.44 bits per heavy atom. The summed E-state index contributed by atoms with van der Waals surface area (Å²) in [6.45, 7) is -1.29. The number of halogens is 3. The van der Waals surface area contributed by atoms with Crippen LogP contribution in [0.5, 0.6) is 0 Å². The van der Waals surface area contributed by atoms with Crippen LogP contribution in [0.15, 0.2) is 22.6 Å². The van der Waals surface area contributed by atoms with E-state index in [-0.39, 0.29) is 22.8 Å². The molecule has 0 amide bonds. The number of non-ortho nitro benzene ring substituents is 1. The number of nitro benzene ring substituents is 1. The van der Waals surface area contributed by atoms with Gasteiger partial charge >= 0.3 is 6.18 Å². The highest BCUT2D eigenvalue weighted by molar-refractivity contribution is 5.77. The molecule has 0 saturated heterocycles. The van der Waals surface area contributed by atoms with Gasteiger partial charge < -0.3 is 9.73 Å². The van der Waals surface area contributed by atoms with Crippen LogP contribution in [0, 0.1) is 10.1 Å². The first-order chi connectivity index (χ1) is 8.35. The van der Waals surface area contributed by atoms with E-state index in [9.17, 15) is 23.3 Å². The van der Waals surface area contributed by atoms with E-state index >= 15 is 0 Å². The third-order valence-electron chi connectivity index (χ3n) is 2.02. The van der Waals surface area contributed by atoms with Crippen molar-refractivity contribution in [2.24, 2.45) is 0 Å². The van der Waals surface area contributed by atoms with Gasteiger partial charge in [-0.2, -0.15) is 18.2 Å². The van der Waals surface area contributed by atoms with Gasteiger partial charge in [0.25, 0.3) is 11.7 Å². The lowest BCUT2D eigenvalue weighted by Crippen LogP contribution is -2.21. The van der Waals surface area contributed by atoms with Crippen LogP contribution < -0.4 is 5.32 Å². The predicted molar refractivity (Wildman–Crippen MR) is 55.2 cm³/mol. The number of anilines is 1. The summed E-state index contributed by atoms with van der Waals surface area (Å²) in [5.74, 6) is 0. The van der Waals surface area contributed by atoms with Gasteiger partial charge in [0.05, 0.1) is 4.92 Å². The first-order valence-corrected chi connectivity index (χ1v) is 4.71. The lowest BCUT2D eigenvalue weighted by Gasteiger charge is -2.04. The average Bonchev–Trinajstić information content (AvgIpc) is 2.66. The third kappa shape index (κ3) is 2.67. The summed E-state index contributed by atoms with van der Waals surface area (Å²) in [5.41, 5.74) is 0.0809. The molecular weight excluding hydrogens is 255 g/mol. The molecule has 1 heterocycles. The molecule has 9 heteroatoms. The number of oxazole rings is 1. The standard InChI is InChI=1S/C9H6F3N3O3/c10-9(11,12)4-13-8-14-6-3-5(15(16)17)1-2-7(6)18-8/h1-3H,4H2,(H,13,14). The highest BCUT2D eigenvalue weighted by Crippen LogP contribution is 2.24. The Morgan fingerprint density at radius 2 is 2.17 bits per heavy atom. The number of alkyl halides is 3. The van der Waals surface area contributed by atoms with Crippen LogP contribution in [0.4, 0.5) is 24.9 Å². The number of nitro groups is 1. The number of hydrogen-bond donors (Lipinski definition) is 1. The summed E-state index contributed by atoms with van der Waals surface area (Å²) in [6, 6.07) is 3.25. The fourth-order valence-electron chi connectivity index (χ4n) is 1.28. The molecule has 0 aliphatic heterocycles. The Bertz CT molecular complexity index is 593. The van der Waals surface area contributed by atoms with Crippen LogP contribution in [0.25, 0.3) is 11.1 Å². The molecular formula is C9H6F3N3O3. The molecule has 0 spiro atoms. The van der Waals surface area contributed by atoms with E-state index in [2.05, 4.69) is 4.98 Å². The summed E-state index contributed by atoms with van der Waals surface area (Å²) >= 11 is 0. The third-order valence-corrected chi connectivity index (χ3v) is 2.02. The molecule has 0 unspecified atom stereocenters. The van der Waals surface area contributed by atoms with Crippen LogP contribution in [0.1, 0.15) is 0 Å². The van der Waals surface area contributed by atoms with Crippen LogP contribution in [0.2, 0.25) is 0 Å². The van der Waals surface area contributed by atoms with Crippen molar-refractivity contribution in [2.75, 3.05) is 11.9 Å². The Balaban J connectivity index is 2.24. The van der Waals surface area contributed by atoms with Crippen molar-refractivity contribution in [3.63, 3.8) is 0 Å². The zero-order valence-corrected chi connectivity index (χ0v) is 8.69. The largest absolute Gasteiger partial charge is 0.424 e. The van der Waals surface area contributed by atoms with Gasteiger partial charge in [0.2, 0.25) is 0 Å². The number of benzene rings is 1. The zero-order valence-electron chi connectivity index (χ0n) is 8.69. The molecule has 0 atom stereocenters. The van der Waals surface area contributed by atoms with Crippen molar-refractivity contribution in [3.8, 4) is 0 Å². The van der Waals surface area contributed by atoms with E-state index in [1.54, 1.807) is 0 Å². The van der Waals surface area contributed by atoms with Crippen molar-refractivity contribution in [2.45, 2.75) is 6.18 Å². The SMILES string of the molecule is O=[N+]([O-])c1ccc2oc(NCC(F)(F)F)nc2c1. The maximum atomic E-state index is 11.9. The summed E-state index contributed by atoms with van der Waals surface area (Å²) in [7, 11) is 0. The van der Waals surface area contributed by atoms with Gasteiger partial charge in [0.15, 0.2) is 5.58 Å². The second kappa shape index (κ2) is 4.17. The topological polar surface area (TPSA) is 81.2 Å². The zero-order chi connectivity index (χ0) is 13.3. The maximum absolute atomic E-state index is 11.9. The number of aromatic nitrogens is 1. The molecule has 6 nitrogen and oxygen atoms in total. The van der Waals surface area contributed by atoms with Gasteiger partial charge in [0.1, 0.15) is 12.1 Å². The molecule has 0 aliphatic rings. The molecule has 0 bridgehead atoms. The monoisotopic (exact) mass is 261 g/mol.